The Morgan fingerprint density at radius 1 is 1.22 bits per heavy atom. The van der Waals surface area contributed by atoms with Crippen molar-refractivity contribution in [2.24, 2.45) is 0 Å². The first-order valence-corrected chi connectivity index (χ1v) is 7.29. The average Bonchev–Trinajstić information content (AvgIpc) is 2.55. The van der Waals surface area contributed by atoms with Crippen LogP contribution >= 0.6 is 0 Å². The summed E-state index contributed by atoms with van der Waals surface area (Å²) in [5.41, 5.74) is 7.47. The fraction of sp³-hybridized carbons (Fsp3) is 0.235. The standard InChI is InChI=1S/C17H19N3O3/c1-3-14(16(21)20-15-9-4-11(2)10-19-15)23-17(22)12-5-7-13(18)8-6-12/h4-10,14H,3,18H2,1-2H3,(H,19,20,21). The summed E-state index contributed by atoms with van der Waals surface area (Å²) in [5, 5.41) is 2.64. The summed E-state index contributed by atoms with van der Waals surface area (Å²) in [6.07, 6.45) is 1.12. The minimum absolute atomic E-state index is 0.346. The number of aromatic nitrogens is 1. The number of ether oxygens (including phenoxy) is 1. The van der Waals surface area contributed by atoms with Gasteiger partial charge in [-0.1, -0.05) is 13.0 Å². The molecular formula is C17H19N3O3. The van der Waals surface area contributed by atoms with Gasteiger partial charge in [0, 0.05) is 11.9 Å². The van der Waals surface area contributed by atoms with Gasteiger partial charge in [-0.05, 0) is 49.2 Å². The number of benzene rings is 1. The van der Waals surface area contributed by atoms with Gasteiger partial charge >= 0.3 is 5.97 Å². The number of hydrogen-bond donors (Lipinski definition) is 2. The number of esters is 1. The molecule has 0 fully saturated rings. The number of nitrogens with two attached hydrogens (primary N) is 1. The van der Waals surface area contributed by atoms with Gasteiger partial charge in [-0.2, -0.15) is 0 Å². The second kappa shape index (κ2) is 7.40. The van der Waals surface area contributed by atoms with Crippen molar-refractivity contribution in [1.29, 1.82) is 0 Å². The zero-order chi connectivity index (χ0) is 16.8. The van der Waals surface area contributed by atoms with Gasteiger partial charge in [0.25, 0.3) is 5.91 Å². The molecule has 0 aliphatic carbocycles. The molecule has 6 nitrogen and oxygen atoms in total. The highest BCUT2D eigenvalue weighted by atomic mass is 16.5. The van der Waals surface area contributed by atoms with Crippen molar-refractivity contribution in [2.75, 3.05) is 11.1 Å². The molecule has 120 valence electrons. The van der Waals surface area contributed by atoms with E-state index < -0.39 is 18.0 Å². The molecule has 1 atom stereocenters. The largest absolute Gasteiger partial charge is 0.449 e. The van der Waals surface area contributed by atoms with Gasteiger partial charge in [-0.3, -0.25) is 4.79 Å². The highest BCUT2D eigenvalue weighted by Crippen LogP contribution is 2.11. The molecule has 1 unspecified atom stereocenters. The third-order valence-corrected chi connectivity index (χ3v) is 3.22. The summed E-state index contributed by atoms with van der Waals surface area (Å²) in [7, 11) is 0. The molecule has 3 N–H and O–H groups in total. The molecule has 0 radical (unpaired) electrons. The van der Waals surface area contributed by atoms with Gasteiger partial charge in [-0.15, -0.1) is 0 Å². The van der Waals surface area contributed by atoms with Gasteiger partial charge in [-0.25, -0.2) is 9.78 Å². The normalized spacial score (nSPS) is 11.6. The van der Waals surface area contributed by atoms with Crippen LogP contribution in [-0.2, 0) is 9.53 Å². The molecule has 1 heterocycles. The zero-order valence-electron chi connectivity index (χ0n) is 13.1. The first kappa shape index (κ1) is 16.5. The highest BCUT2D eigenvalue weighted by Gasteiger charge is 2.22. The first-order chi connectivity index (χ1) is 11.0. The van der Waals surface area contributed by atoms with E-state index in [2.05, 4.69) is 10.3 Å². The summed E-state index contributed by atoms with van der Waals surface area (Å²) in [6.45, 7) is 3.67. The van der Waals surface area contributed by atoms with Gasteiger partial charge in [0.2, 0.25) is 0 Å². The van der Waals surface area contributed by atoms with E-state index in [1.165, 1.54) is 0 Å². The monoisotopic (exact) mass is 313 g/mol. The fourth-order valence-corrected chi connectivity index (χ4v) is 1.89. The van der Waals surface area contributed by atoms with Crippen molar-refractivity contribution in [1.82, 2.24) is 4.98 Å². The number of hydrogen-bond acceptors (Lipinski definition) is 5. The lowest BCUT2D eigenvalue weighted by Crippen LogP contribution is -2.32. The Kier molecular flexibility index (Phi) is 5.30. The summed E-state index contributed by atoms with van der Waals surface area (Å²) in [4.78, 5) is 28.4. The summed E-state index contributed by atoms with van der Waals surface area (Å²) in [5.74, 6) is -0.556. The maximum atomic E-state index is 12.2. The van der Waals surface area contributed by atoms with E-state index in [0.29, 0.717) is 23.5 Å². The van der Waals surface area contributed by atoms with Crippen LogP contribution in [0.4, 0.5) is 11.5 Å². The number of anilines is 2. The molecule has 1 aromatic heterocycles. The van der Waals surface area contributed by atoms with Crippen molar-refractivity contribution in [3.8, 4) is 0 Å². The van der Waals surface area contributed by atoms with Crippen LogP contribution in [0.1, 0.15) is 29.3 Å². The highest BCUT2D eigenvalue weighted by molar-refractivity contribution is 5.97. The number of aryl methyl sites for hydroxylation is 1. The Morgan fingerprint density at radius 2 is 1.91 bits per heavy atom. The van der Waals surface area contributed by atoms with E-state index in [0.717, 1.165) is 5.56 Å². The van der Waals surface area contributed by atoms with E-state index >= 15 is 0 Å². The van der Waals surface area contributed by atoms with E-state index in [4.69, 9.17) is 10.5 Å². The van der Waals surface area contributed by atoms with Crippen molar-refractivity contribution < 1.29 is 14.3 Å². The number of pyridine rings is 1. The molecule has 2 rings (SSSR count). The predicted molar refractivity (Wildman–Crippen MR) is 88.0 cm³/mol. The van der Waals surface area contributed by atoms with E-state index in [9.17, 15) is 9.59 Å². The molecule has 0 saturated heterocycles. The van der Waals surface area contributed by atoms with Crippen LogP contribution in [0.3, 0.4) is 0 Å². The smallest absolute Gasteiger partial charge is 0.338 e. The van der Waals surface area contributed by atoms with Gasteiger partial charge in [0.1, 0.15) is 5.82 Å². The molecule has 0 spiro atoms. The maximum Gasteiger partial charge on any atom is 0.338 e. The Hall–Kier alpha value is -2.89. The number of carbonyl (C=O) groups is 2. The Morgan fingerprint density at radius 3 is 2.48 bits per heavy atom. The maximum absolute atomic E-state index is 12.2. The molecule has 6 heteroatoms. The van der Waals surface area contributed by atoms with Crippen molar-refractivity contribution in [3.63, 3.8) is 0 Å². The predicted octanol–water partition coefficient (Wildman–Crippen LogP) is 2.55. The Balaban J connectivity index is 2.00. The third kappa shape index (κ3) is 4.54. The number of carbonyl (C=O) groups excluding carboxylic acids is 2. The fourth-order valence-electron chi connectivity index (χ4n) is 1.89. The van der Waals surface area contributed by atoms with Gasteiger partial charge in [0.15, 0.2) is 6.10 Å². The lowest BCUT2D eigenvalue weighted by atomic mass is 10.2. The van der Waals surface area contributed by atoms with Gasteiger partial charge in [0.05, 0.1) is 5.56 Å². The summed E-state index contributed by atoms with van der Waals surface area (Å²) in [6, 6.07) is 9.86. The molecule has 23 heavy (non-hydrogen) atoms. The number of nitrogen functional groups attached to an aromatic ring is 1. The average molecular weight is 313 g/mol. The van der Waals surface area contributed by atoms with Crippen LogP contribution in [0, 0.1) is 6.92 Å². The van der Waals surface area contributed by atoms with E-state index in [1.807, 2.05) is 13.0 Å². The quantitative estimate of drug-likeness (QED) is 0.653. The van der Waals surface area contributed by atoms with E-state index in [1.54, 1.807) is 43.5 Å². The summed E-state index contributed by atoms with van der Waals surface area (Å²) >= 11 is 0. The van der Waals surface area contributed by atoms with Crippen LogP contribution in [-0.4, -0.2) is 23.0 Å². The van der Waals surface area contributed by atoms with Crippen LogP contribution < -0.4 is 11.1 Å². The van der Waals surface area contributed by atoms with Crippen LogP contribution in [0.2, 0.25) is 0 Å². The molecule has 0 aliphatic rings. The van der Waals surface area contributed by atoms with Crippen molar-refractivity contribution in [3.05, 3.63) is 53.7 Å². The summed E-state index contributed by atoms with van der Waals surface area (Å²) < 4.78 is 5.26. The SMILES string of the molecule is CCC(OC(=O)c1ccc(N)cc1)C(=O)Nc1ccc(C)cn1. The van der Waals surface area contributed by atoms with Crippen molar-refractivity contribution in [2.45, 2.75) is 26.4 Å². The third-order valence-electron chi connectivity index (χ3n) is 3.22. The first-order valence-electron chi connectivity index (χ1n) is 7.29. The molecule has 1 aromatic carbocycles. The Labute approximate surface area is 134 Å². The van der Waals surface area contributed by atoms with Gasteiger partial charge < -0.3 is 15.8 Å². The molecule has 0 bridgehead atoms. The number of nitrogens with zero attached hydrogens (tertiary/aromatic N) is 1. The zero-order valence-corrected chi connectivity index (χ0v) is 13.1. The second-order valence-corrected chi connectivity index (χ2v) is 5.13. The molecule has 2 aromatic rings. The number of amides is 1. The lowest BCUT2D eigenvalue weighted by molar-refractivity contribution is -0.124. The number of nitrogens with one attached hydrogen (secondary N) is 1. The molecule has 0 saturated carbocycles. The molecule has 1 amide bonds. The number of rotatable bonds is 5. The Bertz CT molecular complexity index is 681. The molecule has 0 aliphatic heterocycles. The van der Waals surface area contributed by atoms with Crippen molar-refractivity contribution >= 4 is 23.4 Å². The topological polar surface area (TPSA) is 94.3 Å². The minimum atomic E-state index is -0.886. The lowest BCUT2D eigenvalue weighted by Gasteiger charge is -2.16. The van der Waals surface area contributed by atoms with Crippen LogP contribution in [0.15, 0.2) is 42.6 Å². The minimum Gasteiger partial charge on any atom is -0.449 e. The van der Waals surface area contributed by atoms with Crippen LogP contribution in [0.5, 0.6) is 0 Å². The van der Waals surface area contributed by atoms with Crippen LogP contribution in [0.25, 0.3) is 0 Å². The second-order valence-electron chi connectivity index (χ2n) is 5.13. The molecular weight excluding hydrogens is 294 g/mol. The van der Waals surface area contributed by atoms with E-state index in [-0.39, 0.29) is 0 Å².